The monoisotopic (exact) mass is 283 g/mol. The summed E-state index contributed by atoms with van der Waals surface area (Å²) in [5, 5.41) is 2.81. The van der Waals surface area contributed by atoms with Crippen molar-refractivity contribution in [1.29, 1.82) is 0 Å². The molecular weight excluding hydrogens is 270 g/mol. The van der Waals surface area contributed by atoms with Crippen molar-refractivity contribution in [1.82, 2.24) is 5.32 Å². The van der Waals surface area contributed by atoms with E-state index in [4.69, 9.17) is 4.74 Å². The molecule has 0 amide bonds. The standard InChI is InChI=1S/C16H13NO2S/c18-11-16-17-10-15(20-16)13-8-4-5-9-14(13)19-12-6-2-1-3-7-12/h1-11,16-17H. The van der Waals surface area contributed by atoms with Crippen LogP contribution in [0.2, 0.25) is 0 Å². The Morgan fingerprint density at radius 1 is 1.05 bits per heavy atom. The molecule has 0 saturated carbocycles. The summed E-state index contributed by atoms with van der Waals surface area (Å²) in [6.45, 7) is 0. The Bertz CT molecular complexity index is 640. The number of hydrogen-bond donors (Lipinski definition) is 1. The van der Waals surface area contributed by atoms with Crippen LogP contribution in [0.1, 0.15) is 5.56 Å². The first-order valence-electron chi connectivity index (χ1n) is 6.27. The Morgan fingerprint density at radius 3 is 2.55 bits per heavy atom. The van der Waals surface area contributed by atoms with Crippen LogP contribution >= 0.6 is 11.8 Å². The third-order valence-corrected chi connectivity index (χ3v) is 3.97. The molecule has 0 aromatic heterocycles. The average molecular weight is 283 g/mol. The van der Waals surface area contributed by atoms with Crippen LogP contribution < -0.4 is 10.1 Å². The van der Waals surface area contributed by atoms with Crippen LogP contribution in [0.5, 0.6) is 11.5 Å². The summed E-state index contributed by atoms with van der Waals surface area (Å²) in [6.07, 6.45) is 2.76. The zero-order valence-corrected chi connectivity index (χ0v) is 11.5. The average Bonchev–Trinajstić information content (AvgIpc) is 2.98. The van der Waals surface area contributed by atoms with Gasteiger partial charge in [-0.15, -0.1) is 0 Å². The van der Waals surface area contributed by atoms with E-state index >= 15 is 0 Å². The fraction of sp³-hybridized carbons (Fsp3) is 0.0625. The number of carbonyl (C=O) groups excluding carboxylic acids is 1. The van der Waals surface area contributed by atoms with Crippen molar-refractivity contribution in [2.75, 3.05) is 0 Å². The Labute approximate surface area is 121 Å². The van der Waals surface area contributed by atoms with Crippen LogP contribution in [0.4, 0.5) is 0 Å². The van der Waals surface area contributed by atoms with Crippen LogP contribution in [0.25, 0.3) is 4.91 Å². The maximum absolute atomic E-state index is 10.8. The van der Waals surface area contributed by atoms with Gasteiger partial charge in [-0.2, -0.15) is 0 Å². The number of hydrogen-bond acceptors (Lipinski definition) is 4. The van der Waals surface area contributed by atoms with Gasteiger partial charge in [-0.05, 0) is 18.2 Å². The van der Waals surface area contributed by atoms with Gasteiger partial charge in [0, 0.05) is 16.7 Å². The molecule has 2 aromatic carbocycles. The van der Waals surface area contributed by atoms with Crippen molar-refractivity contribution in [2.45, 2.75) is 5.37 Å². The summed E-state index contributed by atoms with van der Waals surface area (Å²) in [7, 11) is 0. The fourth-order valence-electron chi connectivity index (χ4n) is 1.95. The number of thioether (sulfide) groups is 1. The van der Waals surface area contributed by atoms with Gasteiger partial charge in [0.1, 0.15) is 16.9 Å². The first-order chi connectivity index (χ1) is 9.86. The molecule has 0 saturated heterocycles. The van der Waals surface area contributed by atoms with Crippen molar-refractivity contribution in [3.63, 3.8) is 0 Å². The molecule has 1 atom stereocenters. The molecule has 1 N–H and O–H groups in total. The van der Waals surface area contributed by atoms with Crippen LogP contribution in [0.15, 0.2) is 60.8 Å². The van der Waals surface area contributed by atoms with Crippen LogP contribution in [0.3, 0.4) is 0 Å². The summed E-state index contributed by atoms with van der Waals surface area (Å²) < 4.78 is 5.92. The summed E-state index contributed by atoms with van der Waals surface area (Å²) in [4.78, 5) is 11.8. The highest BCUT2D eigenvalue weighted by atomic mass is 32.2. The van der Waals surface area contributed by atoms with E-state index < -0.39 is 0 Å². The van der Waals surface area contributed by atoms with Gasteiger partial charge in [-0.25, -0.2) is 0 Å². The van der Waals surface area contributed by atoms with Gasteiger partial charge in [-0.3, -0.25) is 0 Å². The molecule has 1 aliphatic heterocycles. The zero-order valence-electron chi connectivity index (χ0n) is 10.7. The second-order valence-electron chi connectivity index (χ2n) is 4.26. The maximum atomic E-state index is 10.8. The topological polar surface area (TPSA) is 38.3 Å². The van der Waals surface area contributed by atoms with Crippen molar-refractivity contribution in [2.24, 2.45) is 0 Å². The smallest absolute Gasteiger partial charge is 0.152 e. The number of para-hydroxylation sites is 2. The summed E-state index contributed by atoms with van der Waals surface area (Å²) in [5.41, 5.74) is 0.984. The van der Waals surface area contributed by atoms with E-state index in [1.54, 1.807) is 0 Å². The first-order valence-corrected chi connectivity index (χ1v) is 7.15. The van der Waals surface area contributed by atoms with Gasteiger partial charge in [0.25, 0.3) is 0 Å². The lowest BCUT2D eigenvalue weighted by molar-refractivity contribution is -0.107. The molecule has 1 unspecified atom stereocenters. The van der Waals surface area contributed by atoms with E-state index in [1.165, 1.54) is 11.8 Å². The van der Waals surface area contributed by atoms with E-state index in [0.29, 0.717) is 0 Å². The SMILES string of the molecule is O=CC1NC=C(c2ccccc2Oc2ccccc2)S1. The number of nitrogens with one attached hydrogen (secondary N) is 1. The third kappa shape index (κ3) is 2.70. The predicted octanol–water partition coefficient (Wildman–Crippen LogP) is 3.64. The van der Waals surface area contributed by atoms with Gasteiger partial charge in [0.15, 0.2) is 6.29 Å². The van der Waals surface area contributed by atoms with E-state index in [-0.39, 0.29) is 5.37 Å². The Hall–Kier alpha value is -2.20. The molecule has 20 heavy (non-hydrogen) atoms. The summed E-state index contributed by atoms with van der Waals surface area (Å²) >= 11 is 1.49. The number of ether oxygens (including phenoxy) is 1. The lowest BCUT2D eigenvalue weighted by Gasteiger charge is -2.11. The molecule has 100 valence electrons. The van der Waals surface area contributed by atoms with Crippen LogP contribution in [-0.4, -0.2) is 11.7 Å². The van der Waals surface area contributed by atoms with Gasteiger partial charge in [-0.1, -0.05) is 48.2 Å². The Balaban J connectivity index is 1.88. The lowest BCUT2D eigenvalue weighted by Crippen LogP contribution is -2.16. The van der Waals surface area contributed by atoms with E-state index in [1.807, 2.05) is 60.8 Å². The molecule has 0 aliphatic carbocycles. The second-order valence-corrected chi connectivity index (χ2v) is 5.44. The Kier molecular flexibility index (Phi) is 3.74. The minimum absolute atomic E-state index is 0.213. The van der Waals surface area contributed by atoms with Crippen LogP contribution in [-0.2, 0) is 4.79 Å². The molecule has 3 rings (SSSR count). The highest BCUT2D eigenvalue weighted by Crippen LogP contribution is 2.39. The highest BCUT2D eigenvalue weighted by Gasteiger charge is 2.20. The van der Waals surface area contributed by atoms with Crippen LogP contribution in [0, 0.1) is 0 Å². The molecule has 3 nitrogen and oxygen atoms in total. The largest absolute Gasteiger partial charge is 0.457 e. The van der Waals surface area contributed by atoms with Gasteiger partial charge in [0.2, 0.25) is 0 Å². The summed E-state index contributed by atoms with van der Waals surface area (Å²) in [6, 6.07) is 17.5. The molecule has 0 fully saturated rings. The van der Waals surface area contributed by atoms with E-state index in [2.05, 4.69) is 5.32 Å². The molecule has 4 heteroatoms. The van der Waals surface area contributed by atoms with Gasteiger partial charge in [0.05, 0.1) is 0 Å². The number of benzene rings is 2. The highest BCUT2D eigenvalue weighted by molar-refractivity contribution is 8.09. The third-order valence-electron chi connectivity index (χ3n) is 2.88. The predicted molar refractivity (Wildman–Crippen MR) is 81.5 cm³/mol. The van der Waals surface area contributed by atoms with E-state index in [9.17, 15) is 4.79 Å². The minimum Gasteiger partial charge on any atom is -0.457 e. The molecule has 0 radical (unpaired) electrons. The van der Waals surface area contributed by atoms with Crippen molar-refractivity contribution < 1.29 is 9.53 Å². The molecule has 0 spiro atoms. The number of rotatable bonds is 4. The molecular formula is C16H13NO2S. The number of aldehydes is 1. The zero-order chi connectivity index (χ0) is 13.8. The quantitative estimate of drug-likeness (QED) is 0.869. The molecule has 0 bridgehead atoms. The molecule has 1 aliphatic rings. The van der Waals surface area contributed by atoms with Crippen molar-refractivity contribution in [3.05, 3.63) is 66.4 Å². The van der Waals surface area contributed by atoms with Gasteiger partial charge < -0.3 is 14.8 Å². The first kappa shape index (κ1) is 12.8. The second kappa shape index (κ2) is 5.84. The fourth-order valence-corrected chi connectivity index (χ4v) is 2.84. The molecule has 2 aromatic rings. The maximum Gasteiger partial charge on any atom is 0.152 e. The Morgan fingerprint density at radius 2 is 1.80 bits per heavy atom. The molecule has 1 heterocycles. The van der Waals surface area contributed by atoms with Crippen molar-refractivity contribution in [3.8, 4) is 11.5 Å². The van der Waals surface area contributed by atoms with Gasteiger partial charge >= 0.3 is 0 Å². The minimum atomic E-state index is -0.213. The lowest BCUT2D eigenvalue weighted by atomic mass is 10.2. The van der Waals surface area contributed by atoms with Crippen molar-refractivity contribution >= 4 is 23.0 Å². The summed E-state index contributed by atoms with van der Waals surface area (Å²) in [5.74, 6) is 1.58. The number of carbonyl (C=O) groups is 1. The normalized spacial score (nSPS) is 17.2. The van der Waals surface area contributed by atoms with E-state index in [0.717, 1.165) is 28.3 Å².